The van der Waals surface area contributed by atoms with Gasteiger partial charge in [0, 0.05) is 13.2 Å². The van der Waals surface area contributed by atoms with Gasteiger partial charge in [0.25, 0.3) is 4.32 Å². The Morgan fingerprint density at radius 2 is 1.19 bits per heavy atom. The molecule has 0 heterocycles. The Hall–Kier alpha value is -0.990. The third-order valence-corrected chi connectivity index (χ3v) is 3.44. The fraction of sp³-hybridized carbons (Fsp3) is 0.833. The van der Waals surface area contributed by atoms with Crippen molar-refractivity contribution in [1.29, 1.82) is 0 Å². The summed E-state index contributed by atoms with van der Waals surface area (Å²) in [5.74, 6) is -1.93. The minimum Gasteiger partial charge on any atom is -0.464 e. The summed E-state index contributed by atoms with van der Waals surface area (Å²) in [5.41, 5.74) is 0. The number of ether oxygens (including phenoxy) is 4. The van der Waals surface area contributed by atoms with E-state index in [9.17, 15) is 14.4 Å². The molecular formula is C18H35BrO7. The van der Waals surface area contributed by atoms with E-state index in [4.69, 9.17) is 9.47 Å². The van der Waals surface area contributed by atoms with E-state index in [-0.39, 0.29) is 25.8 Å². The summed E-state index contributed by atoms with van der Waals surface area (Å²) >= 11 is 2.70. The zero-order valence-corrected chi connectivity index (χ0v) is 18.7. The van der Waals surface area contributed by atoms with Crippen molar-refractivity contribution in [2.45, 2.75) is 71.9 Å². The van der Waals surface area contributed by atoms with Gasteiger partial charge in [-0.15, -0.1) is 0 Å². The van der Waals surface area contributed by atoms with Crippen LogP contribution >= 0.6 is 15.9 Å². The zero-order chi connectivity index (χ0) is 21.0. The molecule has 0 aliphatic rings. The Labute approximate surface area is 166 Å². The first-order chi connectivity index (χ1) is 12.2. The van der Waals surface area contributed by atoms with Crippen molar-refractivity contribution in [1.82, 2.24) is 0 Å². The third kappa shape index (κ3) is 15.3. The number of carbonyl (C=O) groups excluding carboxylic acids is 3. The molecule has 0 N–H and O–H groups in total. The van der Waals surface area contributed by atoms with Crippen LogP contribution in [0.15, 0.2) is 0 Å². The van der Waals surface area contributed by atoms with E-state index in [0.29, 0.717) is 0 Å². The van der Waals surface area contributed by atoms with Gasteiger partial charge in [0.1, 0.15) is 0 Å². The van der Waals surface area contributed by atoms with Crippen LogP contribution in [0.4, 0.5) is 0 Å². The van der Waals surface area contributed by atoms with Crippen LogP contribution in [0, 0.1) is 0 Å². The second kappa shape index (κ2) is 20.3. The number of unbranched alkanes of at least 4 members (excludes halogenated alkanes) is 1. The molecule has 0 aromatic carbocycles. The van der Waals surface area contributed by atoms with Gasteiger partial charge in [0.05, 0.1) is 13.2 Å². The molecule has 0 saturated carbocycles. The number of rotatable bonds is 10. The lowest BCUT2D eigenvalue weighted by atomic mass is 10.2. The van der Waals surface area contributed by atoms with Crippen molar-refractivity contribution < 1.29 is 33.3 Å². The second-order valence-electron chi connectivity index (χ2n) is 4.75. The standard InChI is InChI=1S/C8H11BrO5.C6H14O2.C4H10/c1-3-13-6(11)8(9,5-10)7(12)14-4-2;1-4-7-6(3)8-5-2;1-3-4-2/h5H,3-4H2,1-2H3;6H,4-5H2,1-3H3;3-4H2,1-2H3. The first-order valence-corrected chi connectivity index (χ1v) is 9.77. The highest BCUT2D eigenvalue weighted by Crippen LogP contribution is 2.19. The molecule has 0 aromatic rings. The Morgan fingerprint density at radius 1 is 0.846 bits per heavy atom. The Kier molecular flexibility index (Phi) is 23.3. The summed E-state index contributed by atoms with van der Waals surface area (Å²) in [5, 5.41) is 0. The van der Waals surface area contributed by atoms with E-state index < -0.39 is 16.3 Å². The maximum Gasteiger partial charge on any atom is 0.342 e. The predicted molar refractivity (Wildman–Crippen MR) is 104 cm³/mol. The number of esters is 2. The molecule has 0 amide bonds. The van der Waals surface area contributed by atoms with Crippen molar-refractivity contribution in [3.8, 4) is 0 Å². The van der Waals surface area contributed by atoms with Gasteiger partial charge in [0.15, 0.2) is 12.6 Å². The molecule has 0 aliphatic heterocycles. The van der Waals surface area contributed by atoms with Crippen LogP contribution in [0.25, 0.3) is 0 Å². The summed E-state index contributed by atoms with van der Waals surface area (Å²) in [4.78, 5) is 33.0. The van der Waals surface area contributed by atoms with Gasteiger partial charge < -0.3 is 23.7 Å². The molecule has 8 heteroatoms. The number of hydrogen-bond acceptors (Lipinski definition) is 7. The van der Waals surface area contributed by atoms with E-state index in [0.717, 1.165) is 13.2 Å². The summed E-state index contributed by atoms with van der Waals surface area (Å²) < 4.78 is 17.2. The van der Waals surface area contributed by atoms with E-state index in [1.165, 1.54) is 12.8 Å². The molecule has 0 radical (unpaired) electrons. The molecule has 0 atom stereocenters. The highest BCUT2D eigenvalue weighted by atomic mass is 79.9. The molecule has 0 unspecified atom stereocenters. The molecular weight excluding hydrogens is 408 g/mol. The van der Waals surface area contributed by atoms with Crippen LogP contribution in [-0.4, -0.2) is 55.3 Å². The fourth-order valence-corrected chi connectivity index (χ4v) is 1.40. The predicted octanol–water partition coefficient (Wildman–Crippen LogP) is 3.66. The third-order valence-electron chi connectivity index (χ3n) is 2.61. The largest absolute Gasteiger partial charge is 0.464 e. The van der Waals surface area contributed by atoms with E-state index >= 15 is 0 Å². The monoisotopic (exact) mass is 442 g/mol. The minimum atomic E-state index is -2.03. The van der Waals surface area contributed by atoms with E-state index in [2.05, 4.69) is 39.3 Å². The van der Waals surface area contributed by atoms with Gasteiger partial charge in [-0.05, 0) is 34.6 Å². The average molecular weight is 443 g/mol. The molecule has 26 heavy (non-hydrogen) atoms. The maximum absolute atomic E-state index is 11.2. The Bertz CT molecular complexity index is 335. The van der Waals surface area contributed by atoms with Crippen molar-refractivity contribution in [3.05, 3.63) is 0 Å². The lowest BCUT2D eigenvalue weighted by molar-refractivity contribution is -0.158. The molecule has 0 aromatic heterocycles. The number of aldehydes is 1. The van der Waals surface area contributed by atoms with Crippen LogP contribution in [0.1, 0.15) is 61.3 Å². The molecule has 0 bridgehead atoms. The molecule has 0 aliphatic carbocycles. The smallest absolute Gasteiger partial charge is 0.342 e. The Balaban J connectivity index is -0.000000370. The summed E-state index contributed by atoms with van der Waals surface area (Å²) in [6.07, 6.45) is 2.76. The minimum absolute atomic E-state index is 0.0370. The van der Waals surface area contributed by atoms with Crippen molar-refractivity contribution in [2.75, 3.05) is 26.4 Å². The van der Waals surface area contributed by atoms with Crippen LogP contribution in [0.5, 0.6) is 0 Å². The molecule has 0 spiro atoms. The van der Waals surface area contributed by atoms with E-state index in [1.807, 2.05) is 20.8 Å². The zero-order valence-electron chi connectivity index (χ0n) is 17.1. The van der Waals surface area contributed by atoms with E-state index in [1.54, 1.807) is 13.8 Å². The quantitative estimate of drug-likeness (QED) is 0.167. The highest BCUT2D eigenvalue weighted by Gasteiger charge is 2.46. The number of carbonyl (C=O) groups is 3. The SMILES string of the molecule is CCCC.CCOC(=O)C(Br)(C=O)C(=O)OCC.CCOC(C)OCC. The summed E-state index contributed by atoms with van der Waals surface area (Å²) in [6, 6.07) is 0. The summed E-state index contributed by atoms with van der Waals surface area (Å²) in [7, 11) is 0. The lowest BCUT2D eigenvalue weighted by Crippen LogP contribution is -2.44. The van der Waals surface area contributed by atoms with Crippen LogP contribution in [-0.2, 0) is 33.3 Å². The van der Waals surface area contributed by atoms with Gasteiger partial charge in [-0.3, -0.25) is 0 Å². The maximum atomic E-state index is 11.2. The highest BCUT2D eigenvalue weighted by molar-refractivity contribution is 9.11. The normalized spacial score (nSPS) is 10.0. The van der Waals surface area contributed by atoms with Crippen molar-refractivity contribution in [2.24, 2.45) is 0 Å². The van der Waals surface area contributed by atoms with Gasteiger partial charge in [-0.25, -0.2) is 9.59 Å². The first-order valence-electron chi connectivity index (χ1n) is 8.98. The number of alkyl halides is 1. The molecule has 0 rings (SSSR count). The van der Waals surface area contributed by atoms with Crippen LogP contribution < -0.4 is 0 Å². The second-order valence-corrected chi connectivity index (χ2v) is 6.00. The molecule has 156 valence electrons. The Morgan fingerprint density at radius 3 is 1.38 bits per heavy atom. The van der Waals surface area contributed by atoms with Gasteiger partial charge in [-0.2, -0.15) is 0 Å². The molecule has 7 nitrogen and oxygen atoms in total. The molecule has 0 fully saturated rings. The fourth-order valence-electron chi connectivity index (χ4n) is 1.17. The van der Waals surface area contributed by atoms with Crippen molar-refractivity contribution in [3.63, 3.8) is 0 Å². The number of hydrogen-bond donors (Lipinski definition) is 0. The van der Waals surface area contributed by atoms with Crippen LogP contribution in [0.3, 0.4) is 0 Å². The average Bonchev–Trinajstić information content (AvgIpc) is 2.62. The van der Waals surface area contributed by atoms with Gasteiger partial charge >= 0.3 is 11.9 Å². The van der Waals surface area contributed by atoms with Gasteiger partial charge in [0.2, 0.25) is 0 Å². The van der Waals surface area contributed by atoms with Crippen molar-refractivity contribution >= 4 is 34.2 Å². The molecule has 0 saturated heterocycles. The lowest BCUT2D eigenvalue weighted by Gasteiger charge is -2.16. The summed E-state index contributed by atoms with van der Waals surface area (Å²) in [6.45, 7) is 14.9. The first kappa shape index (κ1) is 29.8. The van der Waals surface area contributed by atoms with Crippen LogP contribution in [0.2, 0.25) is 0 Å². The number of halogens is 1. The van der Waals surface area contributed by atoms with Gasteiger partial charge in [-0.1, -0.05) is 42.6 Å². The topological polar surface area (TPSA) is 88.1 Å².